The minimum atomic E-state index is -0.280. The summed E-state index contributed by atoms with van der Waals surface area (Å²) >= 11 is 7.35. The van der Waals surface area contributed by atoms with Crippen LogP contribution in [0.1, 0.15) is 22.4 Å². The van der Waals surface area contributed by atoms with Crippen LogP contribution in [0, 0.1) is 0 Å². The number of nitrogens with one attached hydrogen (secondary N) is 1. The SMILES string of the molecule is CCOc1cc(Cl)ccc1NC(=O)c1csc(CCN)n1. The maximum Gasteiger partial charge on any atom is 0.275 e. The van der Waals surface area contributed by atoms with Crippen LogP contribution in [0.3, 0.4) is 0 Å². The Balaban J connectivity index is 2.14. The van der Waals surface area contributed by atoms with Gasteiger partial charge in [0.15, 0.2) is 0 Å². The number of anilines is 1. The number of benzene rings is 1. The fraction of sp³-hybridized carbons (Fsp3) is 0.286. The molecule has 1 amide bonds. The Bertz CT molecular complexity index is 630. The number of rotatable bonds is 6. The molecule has 0 spiro atoms. The van der Waals surface area contributed by atoms with Crippen molar-refractivity contribution in [3.8, 4) is 5.75 Å². The average Bonchev–Trinajstić information content (AvgIpc) is 2.91. The highest BCUT2D eigenvalue weighted by atomic mass is 35.5. The van der Waals surface area contributed by atoms with Crippen molar-refractivity contribution < 1.29 is 9.53 Å². The third-order valence-corrected chi connectivity index (χ3v) is 3.78. The number of thiazole rings is 1. The van der Waals surface area contributed by atoms with Gasteiger partial charge in [-0.2, -0.15) is 0 Å². The molecule has 0 saturated heterocycles. The molecule has 1 heterocycles. The quantitative estimate of drug-likeness (QED) is 0.856. The maximum atomic E-state index is 12.2. The van der Waals surface area contributed by atoms with E-state index in [4.69, 9.17) is 22.1 Å². The summed E-state index contributed by atoms with van der Waals surface area (Å²) in [6.07, 6.45) is 0.670. The molecule has 21 heavy (non-hydrogen) atoms. The molecule has 1 aromatic carbocycles. The molecule has 0 radical (unpaired) electrons. The maximum absolute atomic E-state index is 12.2. The van der Waals surface area contributed by atoms with E-state index in [1.54, 1.807) is 23.6 Å². The fourth-order valence-corrected chi connectivity index (χ4v) is 2.67. The second kappa shape index (κ2) is 7.40. The van der Waals surface area contributed by atoms with Gasteiger partial charge in [0.2, 0.25) is 0 Å². The first-order valence-corrected chi connectivity index (χ1v) is 7.78. The van der Waals surface area contributed by atoms with Gasteiger partial charge in [0.25, 0.3) is 5.91 Å². The van der Waals surface area contributed by atoms with Crippen molar-refractivity contribution in [3.05, 3.63) is 39.3 Å². The number of carbonyl (C=O) groups is 1. The van der Waals surface area contributed by atoms with E-state index in [0.29, 0.717) is 41.7 Å². The van der Waals surface area contributed by atoms with Gasteiger partial charge in [-0.05, 0) is 25.6 Å². The second-order valence-electron chi connectivity index (χ2n) is 4.19. The molecular weight excluding hydrogens is 310 g/mol. The molecule has 7 heteroatoms. The summed E-state index contributed by atoms with van der Waals surface area (Å²) in [4.78, 5) is 16.4. The van der Waals surface area contributed by atoms with Gasteiger partial charge in [-0.25, -0.2) is 4.98 Å². The van der Waals surface area contributed by atoms with Crippen LogP contribution < -0.4 is 15.8 Å². The highest BCUT2D eigenvalue weighted by Crippen LogP contribution is 2.28. The number of amides is 1. The Morgan fingerprint density at radius 1 is 1.52 bits per heavy atom. The van der Waals surface area contributed by atoms with Crippen LogP contribution in [-0.4, -0.2) is 24.0 Å². The smallest absolute Gasteiger partial charge is 0.275 e. The second-order valence-corrected chi connectivity index (χ2v) is 5.57. The van der Waals surface area contributed by atoms with Crippen LogP contribution in [-0.2, 0) is 6.42 Å². The van der Waals surface area contributed by atoms with E-state index < -0.39 is 0 Å². The minimum absolute atomic E-state index is 0.280. The summed E-state index contributed by atoms with van der Waals surface area (Å²) < 4.78 is 5.46. The first-order chi connectivity index (χ1) is 10.1. The van der Waals surface area contributed by atoms with Gasteiger partial charge < -0.3 is 15.8 Å². The van der Waals surface area contributed by atoms with Crippen LogP contribution in [0.2, 0.25) is 5.02 Å². The molecule has 0 bridgehead atoms. The number of nitrogens with zero attached hydrogens (tertiary/aromatic N) is 1. The van der Waals surface area contributed by atoms with Crippen LogP contribution in [0.5, 0.6) is 5.75 Å². The van der Waals surface area contributed by atoms with E-state index in [9.17, 15) is 4.79 Å². The molecule has 112 valence electrons. The molecule has 0 fully saturated rings. The number of aromatic nitrogens is 1. The summed E-state index contributed by atoms with van der Waals surface area (Å²) in [6.45, 7) is 2.87. The largest absolute Gasteiger partial charge is 0.492 e. The monoisotopic (exact) mass is 325 g/mol. The van der Waals surface area contributed by atoms with E-state index in [1.165, 1.54) is 11.3 Å². The first-order valence-electron chi connectivity index (χ1n) is 6.52. The zero-order valence-electron chi connectivity index (χ0n) is 11.6. The van der Waals surface area contributed by atoms with Gasteiger partial charge in [0.1, 0.15) is 11.4 Å². The third-order valence-electron chi connectivity index (χ3n) is 2.63. The minimum Gasteiger partial charge on any atom is -0.492 e. The summed E-state index contributed by atoms with van der Waals surface area (Å²) in [5.74, 6) is 0.258. The lowest BCUT2D eigenvalue weighted by atomic mass is 10.3. The van der Waals surface area contributed by atoms with E-state index in [-0.39, 0.29) is 5.91 Å². The molecule has 0 atom stereocenters. The lowest BCUT2D eigenvalue weighted by Gasteiger charge is -2.11. The first kappa shape index (κ1) is 15.8. The van der Waals surface area contributed by atoms with Crippen molar-refractivity contribution in [1.29, 1.82) is 0 Å². The van der Waals surface area contributed by atoms with Crippen molar-refractivity contribution in [3.63, 3.8) is 0 Å². The Morgan fingerprint density at radius 3 is 3.05 bits per heavy atom. The van der Waals surface area contributed by atoms with Gasteiger partial charge in [0.05, 0.1) is 17.3 Å². The number of hydrogen-bond donors (Lipinski definition) is 2. The van der Waals surface area contributed by atoms with Crippen LogP contribution >= 0.6 is 22.9 Å². The van der Waals surface area contributed by atoms with E-state index in [2.05, 4.69) is 10.3 Å². The molecule has 3 N–H and O–H groups in total. The lowest BCUT2D eigenvalue weighted by Crippen LogP contribution is -2.13. The Hall–Kier alpha value is -1.63. The van der Waals surface area contributed by atoms with Crippen molar-refractivity contribution in [2.24, 2.45) is 5.73 Å². The molecular formula is C14H16ClN3O2S. The highest BCUT2D eigenvalue weighted by molar-refractivity contribution is 7.09. The standard InChI is InChI=1S/C14H16ClN3O2S/c1-2-20-12-7-9(15)3-4-10(12)18-14(19)11-8-21-13(17-11)5-6-16/h3-4,7-8H,2,5-6,16H2,1H3,(H,18,19). The molecule has 1 aromatic heterocycles. The molecule has 2 aromatic rings. The summed E-state index contributed by atoms with van der Waals surface area (Å²) in [6, 6.07) is 5.07. The third kappa shape index (κ3) is 4.17. The summed E-state index contributed by atoms with van der Waals surface area (Å²) in [7, 11) is 0. The topological polar surface area (TPSA) is 77.2 Å². The zero-order valence-corrected chi connectivity index (χ0v) is 13.1. The van der Waals surface area contributed by atoms with Crippen molar-refractivity contribution >= 4 is 34.5 Å². The molecule has 5 nitrogen and oxygen atoms in total. The Morgan fingerprint density at radius 2 is 2.33 bits per heavy atom. The lowest BCUT2D eigenvalue weighted by molar-refractivity contribution is 0.102. The van der Waals surface area contributed by atoms with Gasteiger partial charge in [-0.1, -0.05) is 11.6 Å². The highest BCUT2D eigenvalue weighted by Gasteiger charge is 2.13. The van der Waals surface area contributed by atoms with Crippen LogP contribution in [0.4, 0.5) is 5.69 Å². The van der Waals surface area contributed by atoms with Crippen LogP contribution in [0.15, 0.2) is 23.6 Å². The van der Waals surface area contributed by atoms with Gasteiger partial charge in [0, 0.05) is 22.9 Å². The number of halogens is 1. The number of nitrogens with two attached hydrogens (primary N) is 1. The Kier molecular flexibility index (Phi) is 5.55. The molecule has 0 saturated carbocycles. The van der Waals surface area contributed by atoms with Gasteiger partial charge in [-0.15, -0.1) is 11.3 Å². The molecule has 2 rings (SSSR count). The Labute approximate surface area is 132 Å². The number of ether oxygens (including phenoxy) is 1. The summed E-state index contributed by atoms with van der Waals surface area (Å²) in [5.41, 5.74) is 6.42. The van der Waals surface area contributed by atoms with Crippen molar-refractivity contribution in [2.45, 2.75) is 13.3 Å². The molecule has 0 aliphatic carbocycles. The molecule has 0 aliphatic rings. The van der Waals surface area contributed by atoms with Gasteiger partial charge in [-0.3, -0.25) is 4.79 Å². The fourth-order valence-electron chi connectivity index (χ4n) is 1.71. The van der Waals surface area contributed by atoms with Gasteiger partial charge >= 0.3 is 0 Å². The van der Waals surface area contributed by atoms with E-state index in [0.717, 1.165) is 5.01 Å². The van der Waals surface area contributed by atoms with Crippen molar-refractivity contribution in [1.82, 2.24) is 4.98 Å². The average molecular weight is 326 g/mol. The van der Waals surface area contributed by atoms with Crippen molar-refractivity contribution in [2.75, 3.05) is 18.5 Å². The zero-order chi connectivity index (χ0) is 15.2. The van der Waals surface area contributed by atoms with E-state index in [1.807, 2.05) is 6.92 Å². The molecule has 0 unspecified atom stereocenters. The van der Waals surface area contributed by atoms with Crippen LogP contribution in [0.25, 0.3) is 0 Å². The number of carbonyl (C=O) groups excluding carboxylic acids is 1. The summed E-state index contributed by atoms with van der Waals surface area (Å²) in [5, 5.41) is 5.91. The number of hydrogen-bond acceptors (Lipinski definition) is 5. The predicted octanol–water partition coefficient (Wildman–Crippen LogP) is 2.95. The molecule has 0 aliphatic heterocycles. The normalized spacial score (nSPS) is 10.4. The van der Waals surface area contributed by atoms with E-state index >= 15 is 0 Å². The predicted molar refractivity (Wildman–Crippen MR) is 85.4 cm³/mol.